The average molecular weight is 258 g/mol. The maximum Gasteiger partial charge on any atom is 0.416 e. The zero-order valence-corrected chi connectivity index (χ0v) is 9.07. The topological polar surface area (TPSA) is 54.4 Å². The summed E-state index contributed by atoms with van der Waals surface area (Å²) in [4.78, 5) is 22.2. The van der Waals surface area contributed by atoms with Crippen LogP contribution in [-0.2, 0) is 15.8 Å². The van der Waals surface area contributed by atoms with Crippen molar-refractivity contribution in [3.05, 3.63) is 48.0 Å². The van der Waals surface area contributed by atoms with Crippen LogP contribution in [0.3, 0.4) is 0 Å². The van der Waals surface area contributed by atoms with E-state index >= 15 is 0 Å². The number of hydrogen-bond acceptors (Lipinski definition) is 2. The van der Waals surface area contributed by atoms with Crippen molar-refractivity contribution < 1.29 is 27.9 Å². The monoisotopic (exact) mass is 258 g/mol. The van der Waals surface area contributed by atoms with Crippen molar-refractivity contribution in [2.45, 2.75) is 12.1 Å². The van der Waals surface area contributed by atoms with Gasteiger partial charge in [0.15, 0.2) is 5.78 Å². The van der Waals surface area contributed by atoms with Crippen LogP contribution in [0.2, 0.25) is 0 Å². The van der Waals surface area contributed by atoms with Gasteiger partial charge in [0.25, 0.3) is 0 Å². The number of hydrogen-bond donors (Lipinski definition) is 1. The minimum Gasteiger partial charge on any atom is -0.480 e. The fraction of sp³-hybridized carbons (Fsp3) is 0.167. The second-order valence-electron chi connectivity index (χ2n) is 3.50. The second-order valence-corrected chi connectivity index (χ2v) is 3.50. The van der Waals surface area contributed by atoms with Crippen molar-refractivity contribution in [2.75, 3.05) is 0 Å². The van der Waals surface area contributed by atoms with Gasteiger partial charge in [0.2, 0.25) is 0 Å². The Kier molecular flexibility index (Phi) is 3.90. The normalized spacial score (nSPS) is 12.8. The van der Waals surface area contributed by atoms with E-state index in [2.05, 4.69) is 6.58 Å². The Labute approximate surface area is 101 Å². The molecule has 1 aromatic rings. The van der Waals surface area contributed by atoms with Gasteiger partial charge in [-0.2, -0.15) is 13.2 Å². The molecular weight excluding hydrogens is 249 g/mol. The van der Waals surface area contributed by atoms with Gasteiger partial charge < -0.3 is 5.11 Å². The largest absolute Gasteiger partial charge is 0.480 e. The van der Waals surface area contributed by atoms with Crippen LogP contribution in [0.4, 0.5) is 13.2 Å². The maximum absolute atomic E-state index is 12.3. The number of benzene rings is 1. The summed E-state index contributed by atoms with van der Waals surface area (Å²) in [6, 6.07) is 3.43. The Morgan fingerprint density at radius 2 is 1.72 bits per heavy atom. The Morgan fingerprint density at radius 3 is 2.06 bits per heavy atom. The van der Waals surface area contributed by atoms with E-state index in [0.29, 0.717) is 0 Å². The third-order valence-electron chi connectivity index (χ3n) is 2.30. The van der Waals surface area contributed by atoms with E-state index in [1.807, 2.05) is 0 Å². The molecule has 1 rings (SSSR count). The number of ketones is 1. The van der Waals surface area contributed by atoms with Gasteiger partial charge in [-0.15, -0.1) is 0 Å². The summed E-state index contributed by atoms with van der Waals surface area (Å²) in [5, 5.41) is 8.87. The number of carboxylic acid groups (broad SMARTS) is 1. The first kappa shape index (κ1) is 14.0. The average Bonchev–Trinajstić information content (AvgIpc) is 2.28. The number of carbonyl (C=O) groups is 2. The molecule has 0 aromatic heterocycles. The van der Waals surface area contributed by atoms with Gasteiger partial charge >= 0.3 is 12.1 Å². The SMILES string of the molecule is C=CC(=O)C(C(=O)O)c1ccc(C(F)(F)F)cc1. The van der Waals surface area contributed by atoms with Crippen molar-refractivity contribution in [2.24, 2.45) is 0 Å². The molecule has 0 aliphatic rings. The van der Waals surface area contributed by atoms with E-state index < -0.39 is 29.4 Å². The van der Waals surface area contributed by atoms with E-state index in [9.17, 15) is 22.8 Å². The lowest BCUT2D eigenvalue weighted by molar-refractivity contribution is -0.141. The summed E-state index contributed by atoms with van der Waals surface area (Å²) in [5.41, 5.74) is -0.915. The Bertz CT molecular complexity index is 474. The molecule has 3 nitrogen and oxygen atoms in total. The zero-order valence-electron chi connectivity index (χ0n) is 9.07. The van der Waals surface area contributed by atoms with Crippen LogP contribution < -0.4 is 0 Å². The van der Waals surface area contributed by atoms with Gasteiger partial charge in [-0.3, -0.25) is 9.59 Å². The van der Waals surface area contributed by atoms with Crippen LogP contribution in [0.1, 0.15) is 17.0 Å². The fourth-order valence-corrected chi connectivity index (χ4v) is 1.41. The highest BCUT2D eigenvalue weighted by molar-refractivity contribution is 6.08. The summed E-state index contributed by atoms with van der Waals surface area (Å²) in [7, 11) is 0. The van der Waals surface area contributed by atoms with Crippen LogP contribution in [0.25, 0.3) is 0 Å². The molecule has 0 saturated carbocycles. The first-order valence-corrected chi connectivity index (χ1v) is 4.83. The molecular formula is C12H9F3O3. The molecule has 1 aromatic carbocycles. The van der Waals surface area contributed by atoms with E-state index in [4.69, 9.17) is 5.11 Å². The van der Waals surface area contributed by atoms with Gasteiger partial charge in [0.05, 0.1) is 5.56 Å². The second kappa shape index (κ2) is 5.03. The number of aliphatic carboxylic acids is 1. The molecule has 0 heterocycles. The molecule has 0 aliphatic heterocycles. The molecule has 0 radical (unpaired) electrons. The van der Waals surface area contributed by atoms with Crippen molar-refractivity contribution in [3.8, 4) is 0 Å². The van der Waals surface area contributed by atoms with Gasteiger partial charge in [0, 0.05) is 0 Å². The van der Waals surface area contributed by atoms with Crippen molar-refractivity contribution in [3.63, 3.8) is 0 Å². The van der Waals surface area contributed by atoms with Crippen molar-refractivity contribution >= 4 is 11.8 Å². The van der Waals surface area contributed by atoms with Crippen LogP contribution in [-0.4, -0.2) is 16.9 Å². The molecule has 1 atom stereocenters. The summed E-state index contributed by atoms with van der Waals surface area (Å²) in [6.45, 7) is 3.15. The van der Waals surface area contributed by atoms with E-state index in [1.54, 1.807) is 0 Å². The number of halogens is 3. The smallest absolute Gasteiger partial charge is 0.416 e. The summed E-state index contributed by atoms with van der Waals surface area (Å²) in [6.07, 6.45) is -3.67. The number of allylic oxidation sites excluding steroid dienone is 1. The minimum absolute atomic E-state index is 0.0135. The molecule has 1 N–H and O–H groups in total. The molecule has 18 heavy (non-hydrogen) atoms. The Morgan fingerprint density at radius 1 is 1.22 bits per heavy atom. The minimum atomic E-state index is -4.50. The third kappa shape index (κ3) is 2.97. The third-order valence-corrected chi connectivity index (χ3v) is 2.30. The number of rotatable bonds is 4. The van der Waals surface area contributed by atoms with E-state index in [0.717, 1.165) is 30.3 Å². The number of alkyl halides is 3. The summed E-state index contributed by atoms with van der Waals surface area (Å²) in [5.74, 6) is -3.73. The summed E-state index contributed by atoms with van der Waals surface area (Å²) < 4.78 is 36.9. The Hall–Kier alpha value is -2.11. The first-order chi connectivity index (χ1) is 8.27. The highest BCUT2D eigenvalue weighted by Crippen LogP contribution is 2.30. The van der Waals surface area contributed by atoms with Crippen LogP contribution in [0.5, 0.6) is 0 Å². The van der Waals surface area contributed by atoms with Gasteiger partial charge in [0.1, 0.15) is 5.92 Å². The lowest BCUT2D eigenvalue weighted by Gasteiger charge is -2.11. The first-order valence-electron chi connectivity index (χ1n) is 4.83. The highest BCUT2D eigenvalue weighted by atomic mass is 19.4. The van der Waals surface area contributed by atoms with Crippen LogP contribution in [0.15, 0.2) is 36.9 Å². The van der Waals surface area contributed by atoms with Crippen molar-refractivity contribution in [1.29, 1.82) is 0 Å². The van der Waals surface area contributed by atoms with E-state index in [1.165, 1.54) is 0 Å². The molecule has 0 spiro atoms. The lowest BCUT2D eigenvalue weighted by atomic mass is 9.94. The molecule has 0 saturated heterocycles. The lowest BCUT2D eigenvalue weighted by Crippen LogP contribution is -2.20. The van der Waals surface area contributed by atoms with Gasteiger partial charge in [-0.25, -0.2) is 0 Å². The molecule has 0 bridgehead atoms. The highest BCUT2D eigenvalue weighted by Gasteiger charge is 2.31. The molecule has 0 fully saturated rings. The molecule has 0 amide bonds. The predicted octanol–water partition coefficient (Wildman–Crippen LogP) is 2.63. The Balaban J connectivity index is 3.13. The predicted molar refractivity (Wildman–Crippen MR) is 57.0 cm³/mol. The fourth-order valence-electron chi connectivity index (χ4n) is 1.41. The van der Waals surface area contributed by atoms with Gasteiger partial charge in [-0.05, 0) is 23.8 Å². The quantitative estimate of drug-likeness (QED) is 0.667. The van der Waals surface area contributed by atoms with Crippen LogP contribution in [0, 0.1) is 0 Å². The van der Waals surface area contributed by atoms with Crippen LogP contribution >= 0.6 is 0 Å². The van der Waals surface area contributed by atoms with E-state index in [-0.39, 0.29) is 5.56 Å². The van der Waals surface area contributed by atoms with Crippen molar-refractivity contribution in [1.82, 2.24) is 0 Å². The molecule has 0 aliphatic carbocycles. The molecule has 6 heteroatoms. The maximum atomic E-state index is 12.3. The molecule has 96 valence electrons. The van der Waals surface area contributed by atoms with Gasteiger partial charge in [-0.1, -0.05) is 18.7 Å². The zero-order chi connectivity index (χ0) is 13.9. The summed E-state index contributed by atoms with van der Waals surface area (Å²) >= 11 is 0. The number of carboxylic acids is 1. The number of carbonyl (C=O) groups excluding carboxylic acids is 1. The molecule has 1 unspecified atom stereocenters. The standard InChI is InChI=1S/C12H9F3O3/c1-2-9(16)10(11(17)18)7-3-5-8(6-4-7)12(13,14)15/h2-6,10H,1H2,(H,17,18).